The number of carboxylic acids is 1. The van der Waals surface area contributed by atoms with Crippen LogP contribution in [-0.4, -0.2) is 30.3 Å². The van der Waals surface area contributed by atoms with Crippen molar-refractivity contribution < 1.29 is 14.6 Å². The topological polar surface area (TPSA) is 58.6 Å². The van der Waals surface area contributed by atoms with Gasteiger partial charge in [-0.15, -0.1) is 0 Å². The van der Waals surface area contributed by atoms with Gasteiger partial charge in [0.25, 0.3) is 0 Å². The molecule has 0 fully saturated rings. The molecule has 4 nitrogen and oxygen atoms in total. The number of carbonyl (C=O) groups is 1. The average molecular weight is 258 g/mol. The van der Waals surface area contributed by atoms with E-state index in [1.165, 1.54) is 6.07 Å². The van der Waals surface area contributed by atoms with Crippen LogP contribution in [0.25, 0.3) is 0 Å². The molecule has 0 aliphatic carbocycles. The van der Waals surface area contributed by atoms with Crippen LogP contribution >= 0.6 is 11.6 Å². The molecule has 1 rings (SSSR count). The Morgan fingerprint density at radius 1 is 1.59 bits per heavy atom. The zero-order valence-electron chi connectivity index (χ0n) is 9.87. The molecule has 0 saturated carbocycles. The molecule has 17 heavy (non-hydrogen) atoms. The fourth-order valence-electron chi connectivity index (χ4n) is 1.40. The number of hydrogen-bond acceptors (Lipinski definition) is 3. The van der Waals surface area contributed by atoms with E-state index in [4.69, 9.17) is 21.4 Å². The van der Waals surface area contributed by atoms with E-state index in [0.717, 1.165) is 5.69 Å². The molecule has 94 valence electrons. The summed E-state index contributed by atoms with van der Waals surface area (Å²) in [6, 6.07) is 4.95. The molecule has 1 atom stereocenters. The minimum Gasteiger partial charge on any atom is -0.478 e. The van der Waals surface area contributed by atoms with Crippen molar-refractivity contribution in [2.24, 2.45) is 0 Å². The summed E-state index contributed by atoms with van der Waals surface area (Å²) in [5.41, 5.74) is 0.819. The predicted octanol–water partition coefficient (Wildman–Crippen LogP) is 2.88. The van der Waals surface area contributed by atoms with Crippen molar-refractivity contribution >= 4 is 23.3 Å². The number of hydrogen-bond donors (Lipinski definition) is 2. The summed E-state index contributed by atoms with van der Waals surface area (Å²) in [5, 5.41) is 12.3. The van der Waals surface area contributed by atoms with E-state index >= 15 is 0 Å². The van der Waals surface area contributed by atoms with Crippen LogP contribution in [0.5, 0.6) is 0 Å². The fraction of sp³-hybridized carbons (Fsp3) is 0.417. The molecular formula is C12H16ClNO3. The van der Waals surface area contributed by atoms with Crippen molar-refractivity contribution in [3.8, 4) is 0 Å². The first-order valence-corrected chi connectivity index (χ1v) is 5.79. The highest BCUT2D eigenvalue weighted by Crippen LogP contribution is 2.21. The van der Waals surface area contributed by atoms with E-state index < -0.39 is 5.97 Å². The zero-order valence-corrected chi connectivity index (χ0v) is 10.6. The summed E-state index contributed by atoms with van der Waals surface area (Å²) in [4.78, 5) is 10.9. The van der Waals surface area contributed by atoms with Gasteiger partial charge in [-0.2, -0.15) is 0 Å². The maximum Gasteiger partial charge on any atom is 0.337 e. The standard InChI is InChI=1S/C12H16ClNO3/c1-3-17-7-8(2)14-9-4-5-11(13)10(6-9)12(15)16/h4-6,8,14H,3,7H2,1-2H3,(H,15,16). The van der Waals surface area contributed by atoms with E-state index in [0.29, 0.717) is 13.2 Å². The lowest BCUT2D eigenvalue weighted by atomic mass is 10.2. The summed E-state index contributed by atoms with van der Waals surface area (Å²) in [7, 11) is 0. The second-order valence-corrected chi connectivity index (χ2v) is 4.11. The Kier molecular flexibility index (Phi) is 5.25. The van der Waals surface area contributed by atoms with Crippen molar-refractivity contribution in [3.63, 3.8) is 0 Å². The minimum atomic E-state index is -1.03. The van der Waals surface area contributed by atoms with Crippen molar-refractivity contribution in [1.82, 2.24) is 0 Å². The Hall–Kier alpha value is -1.26. The lowest BCUT2D eigenvalue weighted by molar-refractivity contribution is 0.0697. The van der Waals surface area contributed by atoms with Gasteiger partial charge in [0.05, 0.1) is 17.2 Å². The van der Waals surface area contributed by atoms with Crippen molar-refractivity contribution in [3.05, 3.63) is 28.8 Å². The summed E-state index contributed by atoms with van der Waals surface area (Å²) >= 11 is 5.78. The first-order valence-electron chi connectivity index (χ1n) is 5.41. The summed E-state index contributed by atoms with van der Waals surface area (Å²) in [6.45, 7) is 5.12. The number of halogens is 1. The molecule has 0 aliphatic rings. The first kappa shape index (κ1) is 13.8. The predicted molar refractivity (Wildman–Crippen MR) is 68.0 cm³/mol. The van der Waals surface area contributed by atoms with Crippen LogP contribution in [0, 0.1) is 0 Å². The minimum absolute atomic E-state index is 0.0975. The van der Waals surface area contributed by atoms with E-state index in [9.17, 15) is 4.79 Å². The molecule has 0 aliphatic heterocycles. The first-order chi connectivity index (χ1) is 8.04. The zero-order chi connectivity index (χ0) is 12.8. The highest BCUT2D eigenvalue weighted by atomic mass is 35.5. The van der Waals surface area contributed by atoms with E-state index in [-0.39, 0.29) is 16.6 Å². The molecular weight excluding hydrogens is 242 g/mol. The van der Waals surface area contributed by atoms with Gasteiger partial charge in [-0.3, -0.25) is 0 Å². The third-order valence-corrected chi connectivity index (χ3v) is 2.51. The molecule has 0 aromatic heterocycles. The van der Waals surface area contributed by atoms with Crippen LogP contribution in [-0.2, 0) is 4.74 Å². The van der Waals surface area contributed by atoms with Gasteiger partial charge in [0.15, 0.2) is 0 Å². The smallest absolute Gasteiger partial charge is 0.337 e. The van der Waals surface area contributed by atoms with E-state index in [1.54, 1.807) is 12.1 Å². The third-order valence-electron chi connectivity index (χ3n) is 2.18. The van der Waals surface area contributed by atoms with E-state index in [1.807, 2.05) is 13.8 Å². The van der Waals surface area contributed by atoms with Gasteiger partial charge >= 0.3 is 5.97 Å². The van der Waals surface area contributed by atoms with Gasteiger partial charge in [-0.25, -0.2) is 4.79 Å². The van der Waals surface area contributed by atoms with Crippen LogP contribution in [0.4, 0.5) is 5.69 Å². The number of nitrogens with one attached hydrogen (secondary N) is 1. The molecule has 0 radical (unpaired) electrons. The normalized spacial score (nSPS) is 12.2. The average Bonchev–Trinajstić information content (AvgIpc) is 2.28. The molecule has 0 bridgehead atoms. The number of rotatable bonds is 6. The van der Waals surface area contributed by atoms with Gasteiger partial charge in [-0.1, -0.05) is 11.6 Å². The van der Waals surface area contributed by atoms with Crippen LogP contribution < -0.4 is 5.32 Å². The second-order valence-electron chi connectivity index (χ2n) is 3.70. The Morgan fingerprint density at radius 2 is 2.29 bits per heavy atom. The quantitative estimate of drug-likeness (QED) is 0.823. The molecule has 1 aromatic carbocycles. The monoisotopic (exact) mass is 257 g/mol. The number of ether oxygens (including phenoxy) is 1. The Morgan fingerprint density at radius 3 is 2.88 bits per heavy atom. The fourth-order valence-corrected chi connectivity index (χ4v) is 1.60. The maximum absolute atomic E-state index is 10.9. The molecule has 2 N–H and O–H groups in total. The number of carboxylic acid groups (broad SMARTS) is 1. The molecule has 0 saturated heterocycles. The third kappa shape index (κ3) is 4.24. The van der Waals surface area contributed by atoms with Crippen molar-refractivity contribution in [2.75, 3.05) is 18.5 Å². The van der Waals surface area contributed by atoms with Gasteiger partial charge in [0.2, 0.25) is 0 Å². The molecule has 0 spiro atoms. The van der Waals surface area contributed by atoms with Crippen LogP contribution in [0.1, 0.15) is 24.2 Å². The van der Waals surface area contributed by atoms with Crippen LogP contribution in [0.3, 0.4) is 0 Å². The number of aromatic carboxylic acids is 1. The molecule has 1 aromatic rings. The number of benzene rings is 1. The van der Waals surface area contributed by atoms with Crippen LogP contribution in [0.15, 0.2) is 18.2 Å². The van der Waals surface area contributed by atoms with Gasteiger partial charge in [-0.05, 0) is 32.0 Å². The summed E-state index contributed by atoms with van der Waals surface area (Å²) in [5.74, 6) is -1.03. The number of anilines is 1. The lowest BCUT2D eigenvalue weighted by Crippen LogP contribution is -2.21. The van der Waals surface area contributed by atoms with Gasteiger partial charge in [0.1, 0.15) is 0 Å². The maximum atomic E-state index is 10.9. The van der Waals surface area contributed by atoms with Crippen LogP contribution in [0.2, 0.25) is 5.02 Å². The second kappa shape index (κ2) is 6.47. The Balaban J connectivity index is 2.72. The van der Waals surface area contributed by atoms with Crippen molar-refractivity contribution in [2.45, 2.75) is 19.9 Å². The van der Waals surface area contributed by atoms with Crippen molar-refractivity contribution in [1.29, 1.82) is 0 Å². The molecule has 0 heterocycles. The summed E-state index contributed by atoms with van der Waals surface area (Å²) < 4.78 is 5.26. The highest BCUT2D eigenvalue weighted by Gasteiger charge is 2.10. The molecule has 5 heteroatoms. The lowest BCUT2D eigenvalue weighted by Gasteiger charge is -2.15. The largest absolute Gasteiger partial charge is 0.478 e. The summed E-state index contributed by atoms with van der Waals surface area (Å²) in [6.07, 6.45) is 0. The highest BCUT2D eigenvalue weighted by molar-refractivity contribution is 6.33. The Bertz CT molecular complexity index is 395. The van der Waals surface area contributed by atoms with E-state index in [2.05, 4.69) is 5.32 Å². The molecule has 0 amide bonds. The van der Waals surface area contributed by atoms with Gasteiger partial charge < -0.3 is 15.2 Å². The van der Waals surface area contributed by atoms with Gasteiger partial charge in [0, 0.05) is 18.3 Å². The Labute approximate surface area is 106 Å². The SMILES string of the molecule is CCOCC(C)Nc1ccc(Cl)c(C(=O)O)c1. The molecule has 1 unspecified atom stereocenters.